The van der Waals surface area contributed by atoms with Gasteiger partial charge in [0, 0.05) is 22.4 Å². The zero-order valence-electron chi connectivity index (χ0n) is 16.9. The van der Waals surface area contributed by atoms with Gasteiger partial charge in [0.1, 0.15) is 5.82 Å². The van der Waals surface area contributed by atoms with Gasteiger partial charge < -0.3 is 10.6 Å². The maximum absolute atomic E-state index is 13.7. The highest BCUT2D eigenvalue weighted by Crippen LogP contribution is 2.35. The molecule has 4 rings (SSSR count). The molecule has 0 saturated heterocycles. The average molecular weight is 442 g/mol. The lowest BCUT2D eigenvalue weighted by molar-refractivity contribution is -0.137. The Morgan fingerprint density at radius 2 is 1.81 bits per heavy atom. The van der Waals surface area contributed by atoms with E-state index < -0.39 is 35.1 Å². The number of amides is 2. The van der Waals surface area contributed by atoms with Gasteiger partial charge in [-0.2, -0.15) is 13.2 Å². The van der Waals surface area contributed by atoms with E-state index in [1.807, 2.05) is 31.2 Å². The summed E-state index contributed by atoms with van der Waals surface area (Å²) in [6.07, 6.45) is -4.32. The Kier molecular flexibility index (Phi) is 5.46. The summed E-state index contributed by atoms with van der Waals surface area (Å²) in [5.74, 6) is -2.38. The summed E-state index contributed by atoms with van der Waals surface area (Å²) in [7, 11) is 0. The summed E-state index contributed by atoms with van der Waals surface area (Å²) in [6.45, 7) is 1.95. The van der Waals surface area contributed by atoms with Crippen LogP contribution in [0.15, 0.2) is 60.7 Å². The zero-order chi connectivity index (χ0) is 23.0. The molecule has 0 bridgehead atoms. The van der Waals surface area contributed by atoms with Gasteiger partial charge >= 0.3 is 6.18 Å². The molecule has 0 aromatic heterocycles. The van der Waals surface area contributed by atoms with Crippen molar-refractivity contribution in [1.29, 1.82) is 0 Å². The molecule has 0 fully saturated rings. The SMILES string of the molecule is Cc1ccccc1CC1NC(=O)c2cccc(NC(=O)c3cc(F)cc(C(F)(F)F)c3)c21. The summed E-state index contributed by atoms with van der Waals surface area (Å²) < 4.78 is 52.8. The van der Waals surface area contributed by atoms with Crippen molar-refractivity contribution < 1.29 is 27.2 Å². The summed E-state index contributed by atoms with van der Waals surface area (Å²) in [5.41, 5.74) is 1.51. The van der Waals surface area contributed by atoms with Crippen molar-refractivity contribution in [3.8, 4) is 0 Å². The maximum Gasteiger partial charge on any atom is 0.416 e. The number of carbonyl (C=O) groups excluding carboxylic acids is 2. The van der Waals surface area contributed by atoms with Crippen LogP contribution < -0.4 is 10.6 Å². The van der Waals surface area contributed by atoms with Gasteiger partial charge in [0.05, 0.1) is 11.6 Å². The Morgan fingerprint density at radius 3 is 2.53 bits per heavy atom. The van der Waals surface area contributed by atoms with Gasteiger partial charge in [0.2, 0.25) is 0 Å². The Morgan fingerprint density at radius 1 is 1.06 bits per heavy atom. The van der Waals surface area contributed by atoms with Crippen LogP contribution in [0.25, 0.3) is 0 Å². The highest BCUT2D eigenvalue weighted by atomic mass is 19.4. The quantitative estimate of drug-likeness (QED) is 0.529. The first-order chi connectivity index (χ1) is 15.1. The van der Waals surface area contributed by atoms with Crippen LogP contribution in [0.3, 0.4) is 0 Å². The fourth-order valence-electron chi connectivity index (χ4n) is 3.85. The van der Waals surface area contributed by atoms with Gasteiger partial charge in [-0.15, -0.1) is 0 Å². The number of hydrogen-bond acceptors (Lipinski definition) is 2. The molecular formula is C24H18F4N2O2. The van der Waals surface area contributed by atoms with Crippen LogP contribution >= 0.6 is 0 Å². The minimum absolute atomic E-state index is 0.280. The average Bonchev–Trinajstić information content (AvgIpc) is 3.05. The van der Waals surface area contributed by atoms with Crippen LogP contribution in [0.4, 0.5) is 23.2 Å². The molecule has 1 heterocycles. The normalized spacial score (nSPS) is 15.3. The van der Waals surface area contributed by atoms with Gasteiger partial charge in [-0.25, -0.2) is 4.39 Å². The number of hydrogen-bond donors (Lipinski definition) is 2. The van der Waals surface area contributed by atoms with Crippen molar-refractivity contribution >= 4 is 17.5 Å². The van der Waals surface area contributed by atoms with E-state index in [1.54, 1.807) is 18.2 Å². The van der Waals surface area contributed by atoms with E-state index in [9.17, 15) is 27.2 Å². The molecule has 4 nitrogen and oxygen atoms in total. The predicted molar refractivity (Wildman–Crippen MR) is 111 cm³/mol. The predicted octanol–water partition coefficient (Wildman–Crippen LogP) is 5.43. The van der Waals surface area contributed by atoms with E-state index in [0.29, 0.717) is 29.7 Å². The molecule has 1 aliphatic heterocycles. The van der Waals surface area contributed by atoms with Crippen LogP contribution in [0, 0.1) is 12.7 Å². The molecule has 3 aromatic rings. The maximum atomic E-state index is 13.7. The molecule has 2 N–H and O–H groups in total. The molecule has 3 aromatic carbocycles. The number of nitrogens with one attached hydrogen (secondary N) is 2. The summed E-state index contributed by atoms with van der Waals surface area (Å²) in [6, 6.07) is 13.6. The Balaban J connectivity index is 1.67. The van der Waals surface area contributed by atoms with Gasteiger partial charge in [0.15, 0.2) is 0 Å². The van der Waals surface area contributed by atoms with E-state index in [-0.39, 0.29) is 11.6 Å². The third-order valence-corrected chi connectivity index (χ3v) is 5.43. The highest BCUT2D eigenvalue weighted by molar-refractivity contribution is 6.07. The minimum Gasteiger partial charge on any atom is -0.345 e. The number of rotatable bonds is 4. The van der Waals surface area contributed by atoms with Crippen molar-refractivity contribution in [2.75, 3.05) is 5.32 Å². The van der Waals surface area contributed by atoms with Crippen molar-refractivity contribution in [2.45, 2.75) is 25.6 Å². The molecule has 0 aliphatic carbocycles. The first-order valence-electron chi connectivity index (χ1n) is 9.81. The van der Waals surface area contributed by atoms with Gasteiger partial charge in [0.25, 0.3) is 11.8 Å². The fourth-order valence-corrected chi connectivity index (χ4v) is 3.85. The van der Waals surface area contributed by atoms with E-state index in [0.717, 1.165) is 17.2 Å². The van der Waals surface area contributed by atoms with Crippen LogP contribution in [-0.4, -0.2) is 11.8 Å². The Labute approximate surface area is 181 Å². The molecule has 1 atom stereocenters. The number of halogens is 4. The molecule has 0 saturated carbocycles. The molecule has 0 radical (unpaired) electrons. The third kappa shape index (κ3) is 4.21. The van der Waals surface area contributed by atoms with Gasteiger partial charge in [-0.3, -0.25) is 9.59 Å². The molecule has 2 amide bonds. The molecule has 1 aliphatic rings. The lowest BCUT2D eigenvalue weighted by atomic mass is 9.94. The van der Waals surface area contributed by atoms with Crippen molar-refractivity contribution in [3.05, 3.63) is 99.9 Å². The smallest absolute Gasteiger partial charge is 0.345 e. The number of alkyl halides is 3. The molecule has 32 heavy (non-hydrogen) atoms. The van der Waals surface area contributed by atoms with Crippen molar-refractivity contribution in [1.82, 2.24) is 5.32 Å². The van der Waals surface area contributed by atoms with E-state index in [4.69, 9.17) is 0 Å². The van der Waals surface area contributed by atoms with Crippen LogP contribution in [0.5, 0.6) is 0 Å². The number of anilines is 1. The second-order valence-corrected chi connectivity index (χ2v) is 7.60. The van der Waals surface area contributed by atoms with Gasteiger partial charge in [-0.1, -0.05) is 30.3 Å². The largest absolute Gasteiger partial charge is 0.416 e. The minimum atomic E-state index is -4.79. The Bertz CT molecular complexity index is 1220. The third-order valence-electron chi connectivity index (χ3n) is 5.43. The van der Waals surface area contributed by atoms with Crippen LogP contribution in [0.2, 0.25) is 0 Å². The van der Waals surface area contributed by atoms with Crippen molar-refractivity contribution in [2.24, 2.45) is 0 Å². The van der Waals surface area contributed by atoms with Crippen molar-refractivity contribution in [3.63, 3.8) is 0 Å². The summed E-state index contributed by atoms with van der Waals surface area (Å²) in [5, 5.41) is 5.44. The van der Waals surface area contributed by atoms with Crippen LogP contribution in [-0.2, 0) is 12.6 Å². The first kappa shape index (κ1) is 21.5. The van der Waals surface area contributed by atoms with Crippen LogP contribution in [0.1, 0.15) is 49.0 Å². The zero-order valence-corrected chi connectivity index (χ0v) is 16.9. The highest BCUT2D eigenvalue weighted by Gasteiger charge is 2.33. The monoisotopic (exact) mass is 442 g/mol. The molecule has 8 heteroatoms. The Hall–Kier alpha value is -3.68. The summed E-state index contributed by atoms with van der Waals surface area (Å²) >= 11 is 0. The number of benzene rings is 3. The number of fused-ring (bicyclic) bond motifs is 1. The summed E-state index contributed by atoms with van der Waals surface area (Å²) in [4.78, 5) is 25.2. The molecule has 164 valence electrons. The lowest BCUT2D eigenvalue weighted by Gasteiger charge is -2.17. The van der Waals surface area contributed by atoms with E-state index in [2.05, 4.69) is 10.6 Å². The van der Waals surface area contributed by atoms with E-state index >= 15 is 0 Å². The lowest BCUT2D eigenvalue weighted by Crippen LogP contribution is -2.22. The standard InChI is InChI=1S/C24H18F4N2O2/c1-13-5-2-3-6-14(13)11-20-21-18(23(32)30-20)7-4-8-19(21)29-22(31)15-9-16(24(26,27)28)12-17(25)10-15/h2-10,12,20H,11H2,1H3,(H,29,31)(H,30,32). The van der Waals surface area contributed by atoms with E-state index in [1.165, 1.54) is 0 Å². The van der Waals surface area contributed by atoms with Gasteiger partial charge in [-0.05, 0) is 54.8 Å². The second-order valence-electron chi connectivity index (χ2n) is 7.60. The molecule has 1 unspecified atom stereocenters. The molecule has 0 spiro atoms. The topological polar surface area (TPSA) is 58.2 Å². The second kappa shape index (κ2) is 8.11. The fraction of sp³-hybridized carbons (Fsp3) is 0.167. The number of aryl methyl sites for hydroxylation is 1. The first-order valence-corrected chi connectivity index (χ1v) is 9.81. The number of carbonyl (C=O) groups is 2. The molecular weight excluding hydrogens is 424 g/mol.